The van der Waals surface area contributed by atoms with Crippen molar-refractivity contribution in [2.45, 2.75) is 90.8 Å². The quantitative estimate of drug-likeness (QED) is 0.622. The topological polar surface area (TPSA) is 77.8 Å². The Bertz CT molecular complexity index is 657. The molecule has 0 amide bonds. The molecule has 0 aromatic heterocycles. The van der Waals surface area contributed by atoms with Crippen molar-refractivity contribution in [3.63, 3.8) is 0 Å². The van der Waals surface area contributed by atoms with E-state index in [-0.39, 0.29) is 35.4 Å². The van der Waals surface area contributed by atoms with Crippen molar-refractivity contribution in [2.24, 2.45) is 40.4 Å². The van der Waals surface area contributed by atoms with Gasteiger partial charge in [-0.15, -0.1) is 0 Å². The van der Waals surface area contributed by atoms with Gasteiger partial charge in [0.15, 0.2) is 0 Å². The summed E-state index contributed by atoms with van der Waals surface area (Å²) in [5, 5.41) is 31.7. The lowest BCUT2D eigenvalue weighted by atomic mass is 9.45. The van der Waals surface area contributed by atoms with Crippen molar-refractivity contribution >= 4 is 5.97 Å². The molecule has 3 saturated carbocycles. The molecule has 0 aliphatic heterocycles. The minimum absolute atomic E-state index is 0.136. The number of hydrogen-bond acceptors (Lipinski definition) is 3. The molecule has 4 nitrogen and oxygen atoms in total. The van der Waals surface area contributed by atoms with Gasteiger partial charge in [0.05, 0.1) is 12.2 Å². The molecule has 0 unspecified atom stereocenters. The second-order valence-corrected chi connectivity index (χ2v) is 10.8. The average molecular weight is 391 g/mol. The van der Waals surface area contributed by atoms with Gasteiger partial charge < -0.3 is 15.3 Å². The summed E-state index contributed by atoms with van der Waals surface area (Å²) >= 11 is 0. The zero-order chi connectivity index (χ0) is 20.3. The maximum Gasteiger partial charge on any atom is 0.303 e. The fourth-order valence-corrected chi connectivity index (χ4v) is 8.20. The third-order valence-electron chi connectivity index (χ3n) is 9.73. The van der Waals surface area contributed by atoms with Crippen LogP contribution in [0.4, 0.5) is 0 Å². The van der Waals surface area contributed by atoms with Crippen LogP contribution in [-0.2, 0) is 4.79 Å². The summed E-state index contributed by atoms with van der Waals surface area (Å²) in [6.45, 7) is 6.80. The average Bonchev–Trinajstić information content (AvgIpc) is 3.00. The standard InChI is InChI=1S/C24H38O4/c1-14(7-10-21(27)28)16-8-9-17-22-18(13-20(26)24(16,17)3)23(2)11-5-4-6-15(23)12-19(22)25/h6,14,16-20,22,25-26H,4-5,7-13H2,1-3H3,(H,27,28)/t14-,16-,17+,18+,19-,20+,22+,23+,24-/m1/s1. The fraction of sp³-hybridized carbons (Fsp3) is 0.875. The third kappa shape index (κ3) is 2.89. The second kappa shape index (κ2) is 7.12. The van der Waals surface area contributed by atoms with Crippen molar-refractivity contribution in [3.05, 3.63) is 11.6 Å². The van der Waals surface area contributed by atoms with E-state index in [0.717, 1.165) is 32.1 Å². The first kappa shape index (κ1) is 20.4. The Balaban J connectivity index is 1.63. The number of aliphatic hydroxyl groups excluding tert-OH is 2. The lowest BCUT2D eigenvalue weighted by molar-refractivity contribution is -0.168. The predicted molar refractivity (Wildman–Crippen MR) is 109 cm³/mol. The summed E-state index contributed by atoms with van der Waals surface area (Å²) in [5.74, 6) is 0.876. The number of carboxylic acids is 1. The number of fused-ring (bicyclic) bond motifs is 5. The molecule has 0 aromatic rings. The van der Waals surface area contributed by atoms with Crippen LogP contribution in [0, 0.1) is 40.4 Å². The Morgan fingerprint density at radius 1 is 1.25 bits per heavy atom. The molecule has 158 valence electrons. The highest BCUT2D eigenvalue weighted by Gasteiger charge is 2.64. The van der Waals surface area contributed by atoms with Crippen LogP contribution >= 0.6 is 0 Å². The van der Waals surface area contributed by atoms with E-state index in [0.29, 0.717) is 30.1 Å². The van der Waals surface area contributed by atoms with Crippen LogP contribution in [0.3, 0.4) is 0 Å². The molecule has 3 N–H and O–H groups in total. The van der Waals surface area contributed by atoms with Crippen molar-refractivity contribution in [1.29, 1.82) is 0 Å². The Kier molecular flexibility index (Phi) is 5.19. The van der Waals surface area contributed by atoms with Gasteiger partial charge in [-0.25, -0.2) is 0 Å². The van der Waals surface area contributed by atoms with Crippen LogP contribution in [0.1, 0.15) is 78.6 Å². The molecule has 4 rings (SSSR count). The van der Waals surface area contributed by atoms with E-state index >= 15 is 0 Å². The number of carboxylic acid groups (broad SMARTS) is 1. The lowest BCUT2D eigenvalue weighted by Gasteiger charge is -2.61. The maximum absolute atomic E-state index is 11.4. The van der Waals surface area contributed by atoms with E-state index in [1.165, 1.54) is 18.4 Å². The molecule has 28 heavy (non-hydrogen) atoms. The molecule has 0 heterocycles. The summed E-state index contributed by atoms with van der Waals surface area (Å²) in [4.78, 5) is 11.1. The first-order valence-electron chi connectivity index (χ1n) is 11.5. The number of hydrogen-bond donors (Lipinski definition) is 3. The molecule has 9 atom stereocenters. The Labute approximate surface area is 169 Å². The molecule has 0 aromatic carbocycles. The number of aliphatic carboxylic acids is 1. The molecular formula is C24H38O4. The molecular weight excluding hydrogens is 352 g/mol. The van der Waals surface area contributed by atoms with Crippen LogP contribution in [0.15, 0.2) is 11.6 Å². The zero-order valence-electron chi connectivity index (χ0n) is 17.7. The van der Waals surface area contributed by atoms with Gasteiger partial charge in [0, 0.05) is 6.42 Å². The largest absolute Gasteiger partial charge is 0.481 e. The van der Waals surface area contributed by atoms with Gasteiger partial charge in [-0.2, -0.15) is 0 Å². The molecule has 3 fully saturated rings. The number of carbonyl (C=O) groups is 1. The van der Waals surface area contributed by atoms with Gasteiger partial charge in [-0.3, -0.25) is 4.79 Å². The van der Waals surface area contributed by atoms with Crippen LogP contribution in [0.5, 0.6) is 0 Å². The molecule has 0 saturated heterocycles. The summed E-state index contributed by atoms with van der Waals surface area (Å²) in [6.07, 6.45) is 9.81. The summed E-state index contributed by atoms with van der Waals surface area (Å²) < 4.78 is 0. The van der Waals surface area contributed by atoms with Crippen molar-refractivity contribution < 1.29 is 20.1 Å². The minimum Gasteiger partial charge on any atom is -0.481 e. The second-order valence-electron chi connectivity index (χ2n) is 10.8. The van der Waals surface area contributed by atoms with Gasteiger partial charge in [-0.1, -0.05) is 32.4 Å². The van der Waals surface area contributed by atoms with Gasteiger partial charge in [0.25, 0.3) is 0 Å². The number of aliphatic hydroxyl groups is 2. The first-order chi connectivity index (χ1) is 13.2. The zero-order valence-corrected chi connectivity index (χ0v) is 17.7. The van der Waals surface area contributed by atoms with Crippen LogP contribution in [0.2, 0.25) is 0 Å². The lowest BCUT2D eigenvalue weighted by Crippen LogP contribution is -2.60. The van der Waals surface area contributed by atoms with Gasteiger partial charge in [-0.05, 0) is 91.8 Å². The molecule has 0 spiro atoms. The normalized spacial score (nSPS) is 48.8. The predicted octanol–water partition coefficient (Wildman–Crippen LogP) is 4.40. The van der Waals surface area contributed by atoms with E-state index in [1.807, 2.05) is 0 Å². The van der Waals surface area contributed by atoms with E-state index in [1.54, 1.807) is 0 Å². The summed E-state index contributed by atoms with van der Waals surface area (Å²) in [5.41, 5.74) is 1.37. The molecule has 0 bridgehead atoms. The van der Waals surface area contributed by atoms with E-state index in [9.17, 15) is 15.0 Å². The Hall–Kier alpha value is -0.870. The fourth-order valence-electron chi connectivity index (χ4n) is 8.20. The van der Waals surface area contributed by atoms with Crippen LogP contribution < -0.4 is 0 Å². The molecule has 0 radical (unpaired) electrons. The molecule has 4 aliphatic rings. The Morgan fingerprint density at radius 2 is 2.00 bits per heavy atom. The maximum atomic E-state index is 11.4. The van der Waals surface area contributed by atoms with Crippen molar-refractivity contribution in [1.82, 2.24) is 0 Å². The van der Waals surface area contributed by atoms with E-state index < -0.39 is 5.97 Å². The van der Waals surface area contributed by atoms with Gasteiger partial charge >= 0.3 is 5.97 Å². The van der Waals surface area contributed by atoms with Crippen LogP contribution in [-0.4, -0.2) is 33.5 Å². The summed E-state index contributed by atoms with van der Waals surface area (Å²) in [7, 11) is 0. The third-order valence-corrected chi connectivity index (χ3v) is 9.73. The monoisotopic (exact) mass is 390 g/mol. The van der Waals surface area contributed by atoms with Crippen molar-refractivity contribution in [2.75, 3.05) is 0 Å². The smallest absolute Gasteiger partial charge is 0.303 e. The highest BCUT2D eigenvalue weighted by atomic mass is 16.4. The minimum atomic E-state index is -0.733. The SMILES string of the molecule is C[C@H](CCC(=O)O)[C@H]1CC[C@H]2[C@@H]3[C@H](O)CC4=CCCC[C@]4(C)[C@H]3C[C@H](O)[C@]12C. The van der Waals surface area contributed by atoms with E-state index in [4.69, 9.17) is 5.11 Å². The summed E-state index contributed by atoms with van der Waals surface area (Å²) in [6, 6.07) is 0. The Morgan fingerprint density at radius 3 is 2.71 bits per heavy atom. The molecule has 4 heteroatoms. The van der Waals surface area contributed by atoms with E-state index in [2.05, 4.69) is 26.8 Å². The van der Waals surface area contributed by atoms with Gasteiger partial charge in [0.2, 0.25) is 0 Å². The first-order valence-corrected chi connectivity index (χ1v) is 11.5. The van der Waals surface area contributed by atoms with Crippen LogP contribution in [0.25, 0.3) is 0 Å². The van der Waals surface area contributed by atoms with Gasteiger partial charge in [0.1, 0.15) is 0 Å². The van der Waals surface area contributed by atoms with Crippen molar-refractivity contribution in [3.8, 4) is 0 Å². The highest BCUT2D eigenvalue weighted by molar-refractivity contribution is 5.66. The molecule has 4 aliphatic carbocycles. The number of allylic oxidation sites excluding steroid dienone is 1. The highest BCUT2D eigenvalue weighted by Crippen LogP contribution is 2.67. The number of rotatable bonds is 4.